The van der Waals surface area contributed by atoms with Crippen molar-refractivity contribution >= 4 is 5.91 Å². The molecule has 0 aliphatic carbocycles. The summed E-state index contributed by atoms with van der Waals surface area (Å²) < 4.78 is 5.13. The molecule has 1 atom stereocenters. The fraction of sp³-hybridized carbons (Fsp3) is 0.632. The van der Waals surface area contributed by atoms with E-state index in [0.717, 1.165) is 57.6 Å². The van der Waals surface area contributed by atoms with E-state index < -0.39 is 0 Å². The Morgan fingerprint density at radius 2 is 2.00 bits per heavy atom. The van der Waals surface area contributed by atoms with Crippen molar-refractivity contribution in [3.8, 4) is 0 Å². The molecule has 0 saturated carbocycles. The molecule has 1 fully saturated rings. The fourth-order valence-corrected chi connectivity index (χ4v) is 3.26. The molecule has 1 N–H and O–H groups in total. The minimum absolute atomic E-state index is 0.0296. The summed E-state index contributed by atoms with van der Waals surface area (Å²) >= 11 is 0. The van der Waals surface area contributed by atoms with Crippen LogP contribution in [-0.4, -0.2) is 50.7 Å². The molecule has 0 aromatic heterocycles. The molecule has 2 rings (SSSR count). The highest BCUT2D eigenvalue weighted by Gasteiger charge is 2.22. The average Bonchev–Trinajstić information content (AvgIpc) is 2.60. The number of likely N-dealkylation sites (tertiary alicyclic amines) is 1. The van der Waals surface area contributed by atoms with Gasteiger partial charge in [0.25, 0.3) is 0 Å². The molecule has 1 aromatic carbocycles. The predicted octanol–water partition coefficient (Wildman–Crippen LogP) is 2.65. The van der Waals surface area contributed by atoms with Crippen LogP contribution in [0.1, 0.15) is 37.7 Å². The number of hydrogen-bond donors (Lipinski definition) is 1. The Balaban J connectivity index is 1.74. The van der Waals surface area contributed by atoms with Crippen LogP contribution in [0.25, 0.3) is 0 Å². The lowest BCUT2D eigenvalue weighted by molar-refractivity contribution is -0.122. The highest BCUT2D eigenvalue weighted by atomic mass is 16.5. The number of nitrogens with one attached hydrogen (secondary N) is 1. The molecule has 23 heavy (non-hydrogen) atoms. The molecule has 1 amide bonds. The Bertz CT molecular complexity index is 456. The first-order valence-electron chi connectivity index (χ1n) is 8.78. The molecule has 1 aliphatic heterocycles. The Kier molecular flexibility index (Phi) is 7.56. The van der Waals surface area contributed by atoms with E-state index in [9.17, 15) is 4.79 Å². The van der Waals surface area contributed by atoms with Gasteiger partial charge < -0.3 is 15.0 Å². The smallest absolute Gasteiger partial charge is 0.227 e. The van der Waals surface area contributed by atoms with Crippen molar-refractivity contribution in [1.29, 1.82) is 0 Å². The topological polar surface area (TPSA) is 41.6 Å². The summed E-state index contributed by atoms with van der Waals surface area (Å²) in [5.74, 6) is 0.740. The van der Waals surface area contributed by atoms with Gasteiger partial charge in [-0.3, -0.25) is 4.79 Å². The van der Waals surface area contributed by atoms with Crippen LogP contribution >= 0.6 is 0 Å². The summed E-state index contributed by atoms with van der Waals surface area (Å²) in [4.78, 5) is 14.9. The van der Waals surface area contributed by atoms with Gasteiger partial charge in [0.05, 0.1) is 12.5 Å². The molecule has 0 spiro atoms. The third-order valence-corrected chi connectivity index (χ3v) is 4.81. The summed E-state index contributed by atoms with van der Waals surface area (Å²) in [6.07, 6.45) is 3.16. The van der Waals surface area contributed by atoms with Crippen LogP contribution in [0, 0.1) is 5.92 Å². The standard InChI is InChI=1S/C19H30N2O2/c1-3-18(17-7-5-4-6-8-17)19(22)20-15-16-9-11-21(12-10-16)13-14-23-2/h4-8,16,18H,3,9-15H2,1-2H3,(H,20,22). The van der Waals surface area contributed by atoms with Crippen molar-refractivity contribution in [1.82, 2.24) is 10.2 Å². The molecular formula is C19H30N2O2. The number of ether oxygens (including phenoxy) is 1. The summed E-state index contributed by atoms with van der Waals surface area (Å²) in [6, 6.07) is 10.1. The lowest BCUT2D eigenvalue weighted by Gasteiger charge is -2.32. The Morgan fingerprint density at radius 1 is 1.30 bits per heavy atom. The molecule has 1 heterocycles. The van der Waals surface area contributed by atoms with Gasteiger partial charge in [0.1, 0.15) is 0 Å². The zero-order chi connectivity index (χ0) is 16.5. The lowest BCUT2D eigenvalue weighted by Crippen LogP contribution is -2.40. The number of carbonyl (C=O) groups excluding carboxylic acids is 1. The third-order valence-electron chi connectivity index (χ3n) is 4.81. The largest absolute Gasteiger partial charge is 0.383 e. The third kappa shape index (κ3) is 5.63. The van der Waals surface area contributed by atoms with Gasteiger partial charge in [-0.1, -0.05) is 37.3 Å². The number of benzene rings is 1. The SMILES string of the molecule is CCC(C(=O)NCC1CCN(CCOC)CC1)c1ccccc1. The molecular weight excluding hydrogens is 288 g/mol. The maximum Gasteiger partial charge on any atom is 0.227 e. The van der Waals surface area contributed by atoms with Crippen LogP contribution in [0.4, 0.5) is 0 Å². The van der Waals surface area contributed by atoms with Crippen LogP contribution in [-0.2, 0) is 9.53 Å². The Hall–Kier alpha value is -1.39. The number of rotatable bonds is 8. The normalized spacial score (nSPS) is 17.8. The van der Waals surface area contributed by atoms with Gasteiger partial charge in [0.15, 0.2) is 0 Å². The number of carbonyl (C=O) groups is 1. The monoisotopic (exact) mass is 318 g/mol. The van der Waals surface area contributed by atoms with Crippen molar-refractivity contribution in [3.63, 3.8) is 0 Å². The molecule has 1 saturated heterocycles. The van der Waals surface area contributed by atoms with Gasteiger partial charge in [-0.05, 0) is 43.8 Å². The predicted molar refractivity (Wildman–Crippen MR) is 93.5 cm³/mol. The molecule has 0 bridgehead atoms. The van der Waals surface area contributed by atoms with Gasteiger partial charge in [-0.15, -0.1) is 0 Å². The maximum atomic E-state index is 12.5. The van der Waals surface area contributed by atoms with E-state index in [4.69, 9.17) is 4.74 Å². The number of nitrogens with zero attached hydrogens (tertiary/aromatic N) is 1. The highest BCUT2D eigenvalue weighted by molar-refractivity contribution is 5.83. The summed E-state index contributed by atoms with van der Waals surface area (Å²) in [7, 11) is 1.75. The Morgan fingerprint density at radius 3 is 2.61 bits per heavy atom. The van der Waals surface area contributed by atoms with E-state index in [2.05, 4.69) is 17.1 Å². The number of piperidine rings is 1. The second-order valence-electron chi connectivity index (χ2n) is 6.39. The molecule has 128 valence electrons. The molecule has 4 nitrogen and oxygen atoms in total. The van der Waals surface area contributed by atoms with Gasteiger partial charge in [0.2, 0.25) is 5.91 Å². The van der Waals surface area contributed by atoms with Crippen LogP contribution < -0.4 is 5.32 Å². The van der Waals surface area contributed by atoms with E-state index in [0.29, 0.717) is 5.92 Å². The Labute approximate surface area is 140 Å². The van der Waals surface area contributed by atoms with Gasteiger partial charge in [-0.2, -0.15) is 0 Å². The molecule has 1 aromatic rings. The zero-order valence-electron chi connectivity index (χ0n) is 14.5. The number of methoxy groups -OCH3 is 1. The first-order valence-corrected chi connectivity index (χ1v) is 8.78. The quantitative estimate of drug-likeness (QED) is 0.801. The van der Waals surface area contributed by atoms with Crippen molar-refractivity contribution in [2.75, 3.05) is 39.9 Å². The zero-order valence-corrected chi connectivity index (χ0v) is 14.5. The van der Waals surface area contributed by atoms with Crippen LogP contribution in [0.2, 0.25) is 0 Å². The molecule has 4 heteroatoms. The van der Waals surface area contributed by atoms with E-state index in [-0.39, 0.29) is 11.8 Å². The minimum Gasteiger partial charge on any atom is -0.383 e. The van der Waals surface area contributed by atoms with Crippen molar-refractivity contribution < 1.29 is 9.53 Å². The second kappa shape index (κ2) is 9.68. The molecule has 1 aliphatic rings. The van der Waals surface area contributed by atoms with Crippen molar-refractivity contribution in [2.24, 2.45) is 5.92 Å². The van der Waals surface area contributed by atoms with Crippen LogP contribution in [0.3, 0.4) is 0 Å². The van der Waals surface area contributed by atoms with Gasteiger partial charge >= 0.3 is 0 Å². The van der Waals surface area contributed by atoms with E-state index in [1.54, 1.807) is 7.11 Å². The van der Waals surface area contributed by atoms with E-state index >= 15 is 0 Å². The highest BCUT2D eigenvalue weighted by Crippen LogP contribution is 2.20. The second-order valence-corrected chi connectivity index (χ2v) is 6.39. The lowest BCUT2D eigenvalue weighted by atomic mass is 9.94. The molecule has 1 unspecified atom stereocenters. The first-order chi connectivity index (χ1) is 11.2. The van der Waals surface area contributed by atoms with Crippen LogP contribution in [0.5, 0.6) is 0 Å². The maximum absolute atomic E-state index is 12.5. The summed E-state index contributed by atoms with van der Waals surface area (Å²) in [6.45, 7) is 6.92. The number of amides is 1. The van der Waals surface area contributed by atoms with Crippen molar-refractivity contribution in [3.05, 3.63) is 35.9 Å². The molecule has 0 radical (unpaired) electrons. The van der Waals surface area contributed by atoms with E-state index in [1.807, 2.05) is 30.3 Å². The summed E-state index contributed by atoms with van der Waals surface area (Å²) in [5, 5.41) is 3.18. The van der Waals surface area contributed by atoms with Crippen LogP contribution in [0.15, 0.2) is 30.3 Å². The van der Waals surface area contributed by atoms with Gasteiger partial charge in [0, 0.05) is 20.2 Å². The fourth-order valence-electron chi connectivity index (χ4n) is 3.26. The average molecular weight is 318 g/mol. The first kappa shape index (κ1) is 18.0. The van der Waals surface area contributed by atoms with E-state index in [1.165, 1.54) is 0 Å². The minimum atomic E-state index is -0.0296. The summed E-state index contributed by atoms with van der Waals surface area (Å²) in [5.41, 5.74) is 1.11. The number of hydrogen-bond acceptors (Lipinski definition) is 3. The van der Waals surface area contributed by atoms with Gasteiger partial charge in [-0.25, -0.2) is 0 Å². The van der Waals surface area contributed by atoms with Crippen molar-refractivity contribution in [2.45, 2.75) is 32.1 Å².